The second-order valence-corrected chi connectivity index (χ2v) is 14.7. The standard InChI is InChI=1S/C50H24/c1-5-25-6-2-10-30-34-14-18-38-42-22-28-24-44-40-20-16-36-32-12-4-8-26-7-3-11-31(46(26)32)35-15-19-39(50(40)48(35)36)43(44)23-27(28)21-41(42)37-17-13-33(47(34)49(37)38)29(9-1)45(25)30/h1-24H. The third-order valence-electron chi connectivity index (χ3n) is 12.6. The van der Waals surface area contributed by atoms with E-state index in [4.69, 9.17) is 0 Å². The molecule has 0 amide bonds. The summed E-state index contributed by atoms with van der Waals surface area (Å²) in [5.74, 6) is 0. The van der Waals surface area contributed by atoms with E-state index in [1.807, 2.05) is 0 Å². The van der Waals surface area contributed by atoms with Crippen molar-refractivity contribution in [3.8, 4) is 0 Å². The summed E-state index contributed by atoms with van der Waals surface area (Å²) in [4.78, 5) is 0. The predicted molar refractivity (Wildman–Crippen MR) is 219 cm³/mol. The molecule has 14 aromatic carbocycles. The average Bonchev–Trinajstić information content (AvgIpc) is 3.65. The first-order valence-corrected chi connectivity index (χ1v) is 17.7. The van der Waals surface area contributed by atoms with Gasteiger partial charge >= 0.3 is 0 Å². The number of fused-ring (bicyclic) bond motifs is 11. The summed E-state index contributed by atoms with van der Waals surface area (Å²) < 4.78 is 0. The average molecular weight is 625 g/mol. The van der Waals surface area contributed by atoms with Gasteiger partial charge in [-0.15, -0.1) is 0 Å². The third-order valence-corrected chi connectivity index (χ3v) is 12.6. The maximum Gasteiger partial charge on any atom is -0.00139 e. The van der Waals surface area contributed by atoms with Gasteiger partial charge in [-0.2, -0.15) is 0 Å². The van der Waals surface area contributed by atoms with Crippen LogP contribution >= 0.6 is 0 Å². The highest BCUT2D eigenvalue weighted by Gasteiger charge is 2.22. The van der Waals surface area contributed by atoms with Crippen molar-refractivity contribution in [1.29, 1.82) is 0 Å². The molecule has 0 saturated heterocycles. The monoisotopic (exact) mass is 624 g/mol. The van der Waals surface area contributed by atoms with Gasteiger partial charge in [0.2, 0.25) is 0 Å². The van der Waals surface area contributed by atoms with Gasteiger partial charge in [-0.05, 0) is 164 Å². The van der Waals surface area contributed by atoms with Crippen molar-refractivity contribution in [2.75, 3.05) is 0 Å². The van der Waals surface area contributed by atoms with E-state index in [0.717, 1.165) is 0 Å². The summed E-state index contributed by atoms with van der Waals surface area (Å²) in [6.07, 6.45) is 0. The van der Waals surface area contributed by atoms with Crippen LogP contribution in [0.1, 0.15) is 0 Å². The lowest BCUT2D eigenvalue weighted by Crippen LogP contribution is -1.86. The van der Waals surface area contributed by atoms with Crippen LogP contribution in [0.4, 0.5) is 0 Å². The van der Waals surface area contributed by atoms with E-state index >= 15 is 0 Å². The van der Waals surface area contributed by atoms with Crippen molar-refractivity contribution in [2.45, 2.75) is 0 Å². The molecule has 0 aromatic heterocycles. The molecule has 0 N–H and O–H groups in total. The maximum absolute atomic E-state index is 2.47. The highest BCUT2D eigenvalue weighted by Crippen LogP contribution is 2.50. The number of rotatable bonds is 0. The van der Waals surface area contributed by atoms with E-state index < -0.39 is 0 Å². The highest BCUT2D eigenvalue weighted by molar-refractivity contribution is 6.44. The smallest absolute Gasteiger partial charge is 0.00139 e. The van der Waals surface area contributed by atoms with E-state index in [9.17, 15) is 0 Å². The number of benzene rings is 12. The van der Waals surface area contributed by atoms with Crippen LogP contribution in [0.2, 0.25) is 0 Å². The Bertz CT molecular complexity index is 3330. The SMILES string of the molecule is c1cc2cccc3c4ccc5c6cc7cc8c(cc7cc6c6ccc(c(c1)c23)c4c65)c1ccc2c3cccc4cccc(c5ccc8c1c25)c43. The van der Waals surface area contributed by atoms with Gasteiger partial charge in [0.25, 0.3) is 0 Å². The van der Waals surface area contributed by atoms with Gasteiger partial charge in [0.15, 0.2) is 0 Å². The zero-order valence-electron chi connectivity index (χ0n) is 26.9. The summed E-state index contributed by atoms with van der Waals surface area (Å²) in [7, 11) is 0. The summed E-state index contributed by atoms with van der Waals surface area (Å²) >= 11 is 0. The molecule has 224 valence electrons. The van der Waals surface area contributed by atoms with E-state index in [-0.39, 0.29) is 0 Å². The molecular formula is C50H24. The van der Waals surface area contributed by atoms with Crippen LogP contribution in [-0.2, 0) is 0 Å². The fourth-order valence-corrected chi connectivity index (χ4v) is 10.6. The zero-order valence-corrected chi connectivity index (χ0v) is 26.9. The molecule has 0 aliphatic rings. The lowest BCUT2D eigenvalue weighted by Gasteiger charge is -2.14. The van der Waals surface area contributed by atoms with Gasteiger partial charge < -0.3 is 0 Å². The van der Waals surface area contributed by atoms with Crippen molar-refractivity contribution >= 4 is 140 Å². The Labute approximate surface area is 284 Å². The first kappa shape index (κ1) is 24.6. The van der Waals surface area contributed by atoms with E-state index in [1.54, 1.807) is 0 Å². The molecule has 0 saturated carbocycles. The first-order valence-electron chi connectivity index (χ1n) is 17.7. The van der Waals surface area contributed by atoms with Crippen LogP contribution in [-0.4, -0.2) is 0 Å². The van der Waals surface area contributed by atoms with Crippen molar-refractivity contribution in [1.82, 2.24) is 0 Å². The van der Waals surface area contributed by atoms with Crippen molar-refractivity contribution < 1.29 is 0 Å². The molecule has 0 atom stereocenters. The third kappa shape index (κ3) is 2.61. The van der Waals surface area contributed by atoms with Crippen molar-refractivity contribution in [3.63, 3.8) is 0 Å². The molecule has 0 heteroatoms. The second kappa shape index (κ2) is 8.03. The molecule has 0 spiro atoms. The van der Waals surface area contributed by atoms with Gasteiger partial charge in [-0.25, -0.2) is 0 Å². The van der Waals surface area contributed by atoms with Crippen LogP contribution in [0.15, 0.2) is 146 Å². The minimum Gasteiger partial charge on any atom is -0.0610 e. The zero-order chi connectivity index (χ0) is 32.0. The fraction of sp³-hybridized carbons (Fsp3) is 0. The van der Waals surface area contributed by atoms with Gasteiger partial charge in [0, 0.05) is 0 Å². The normalized spacial score (nSPS) is 13.2. The Balaban J connectivity index is 1.12. The molecule has 50 heavy (non-hydrogen) atoms. The molecule has 0 unspecified atom stereocenters. The molecule has 14 aromatic rings. The lowest BCUT2D eigenvalue weighted by molar-refractivity contribution is 1.81. The van der Waals surface area contributed by atoms with Gasteiger partial charge in [-0.3, -0.25) is 0 Å². The molecule has 0 radical (unpaired) electrons. The Morgan fingerprint density at radius 3 is 0.640 bits per heavy atom. The molecule has 0 fully saturated rings. The van der Waals surface area contributed by atoms with Gasteiger partial charge in [0.05, 0.1) is 0 Å². The fourth-order valence-electron chi connectivity index (χ4n) is 10.6. The molecule has 0 aliphatic heterocycles. The molecule has 0 aliphatic carbocycles. The predicted octanol–water partition coefficient (Wildman–Crippen LogP) is 14.4. The van der Waals surface area contributed by atoms with Gasteiger partial charge in [-0.1, -0.05) is 121 Å². The quantitative estimate of drug-likeness (QED) is 0.116. The topological polar surface area (TPSA) is 0 Å². The Morgan fingerprint density at radius 1 is 0.160 bits per heavy atom. The maximum atomic E-state index is 2.47. The van der Waals surface area contributed by atoms with Crippen LogP contribution in [0, 0.1) is 0 Å². The molecule has 0 bridgehead atoms. The van der Waals surface area contributed by atoms with E-state index in [0.29, 0.717) is 0 Å². The van der Waals surface area contributed by atoms with E-state index in [1.165, 1.54) is 140 Å². The van der Waals surface area contributed by atoms with Crippen LogP contribution in [0.5, 0.6) is 0 Å². The van der Waals surface area contributed by atoms with Crippen molar-refractivity contribution in [3.05, 3.63) is 146 Å². The first-order chi connectivity index (χ1) is 24.8. The summed E-state index contributed by atoms with van der Waals surface area (Å²) in [5, 5.41) is 35.3. The van der Waals surface area contributed by atoms with Crippen molar-refractivity contribution in [2.24, 2.45) is 0 Å². The number of hydrogen-bond acceptors (Lipinski definition) is 0. The van der Waals surface area contributed by atoms with E-state index in [2.05, 4.69) is 146 Å². The summed E-state index contributed by atoms with van der Waals surface area (Å²) in [5.41, 5.74) is 0. The minimum absolute atomic E-state index is 1.31. The lowest BCUT2D eigenvalue weighted by atomic mass is 9.89. The molecule has 0 nitrogen and oxygen atoms in total. The molecule has 14 rings (SSSR count). The Morgan fingerprint density at radius 2 is 0.380 bits per heavy atom. The van der Waals surface area contributed by atoms with Crippen LogP contribution in [0.3, 0.4) is 0 Å². The minimum atomic E-state index is 1.31. The Kier molecular flexibility index (Phi) is 3.95. The largest absolute Gasteiger partial charge is 0.0610 e. The van der Waals surface area contributed by atoms with Crippen LogP contribution < -0.4 is 0 Å². The summed E-state index contributed by atoms with van der Waals surface area (Å²) in [6.45, 7) is 0. The highest BCUT2D eigenvalue weighted by atomic mass is 14.2. The Hall–Kier alpha value is -6.50. The molecular weight excluding hydrogens is 601 g/mol. The van der Waals surface area contributed by atoms with Crippen LogP contribution in [0.25, 0.3) is 140 Å². The summed E-state index contributed by atoms with van der Waals surface area (Å²) in [6, 6.07) is 56.0. The molecule has 0 heterocycles. The second-order valence-electron chi connectivity index (χ2n) is 14.7. The number of hydrogen-bond donors (Lipinski definition) is 0. The van der Waals surface area contributed by atoms with Gasteiger partial charge in [0.1, 0.15) is 0 Å².